The van der Waals surface area contributed by atoms with E-state index in [1.807, 2.05) is 0 Å². The molecule has 0 amide bonds. The second-order valence-corrected chi connectivity index (χ2v) is 3.76. The van der Waals surface area contributed by atoms with E-state index in [0.29, 0.717) is 6.04 Å². The lowest BCUT2D eigenvalue weighted by Gasteiger charge is -2.15. The predicted molar refractivity (Wildman–Crippen MR) is 62.3 cm³/mol. The summed E-state index contributed by atoms with van der Waals surface area (Å²) in [5, 5.41) is 3.59. The Kier molecular flexibility index (Phi) is 5.31. The normalized spacial score (nSPS) is 12.7. The molecule has 1 unspecified atom stereocenters. The van der Waals surface area contributed by atoms with Crippen LogP contribution in [0, 0.1) is 0 Å². The van der Waals surface area contributed by atoms with Gasteiger partial charge in [0.05, 0.1) is 0 Å². The van der Waals surface area contributed by atoms with Crippen molar-refractivity contribution in [3.8, 4) is 0 Å². The van der Waals surface area contributed by atoms with E-state index in [9.17, 15) is 0 Å². The average molecular weight is 191 g/mol. The topological polar surface area (TPSA) is 12.0 Å². The number of hydrogen-bond donors (Lipinski definition) is 1. The van der Waals surface area contributed by atoms with Crippen LogP contribution in [0.3, 0.4) is 0 Å². The summed E-state index contributed by atoms with van der Waals surface area (Å²) in [6.07, 6.45) is 3.77. The van der Waals surface area contributed by atoms with Gasteiger partial charge in [0.2, 0.25) is 0 Å². The molecule has 1 nitrogen and oxygen atoms in total. The largest absolute Gasteiger partial charge is 0.310 e. The van der Waals surface area contributed by atoms with Crippen LogP contribution in [0.15, 0.2) is 30.3 Å². The second-order valence-electron chi connectivity index (χ2n) is 3.76. The van der Waals surface area contributed by atoms with Gasteiger partial charge in [-0.05, 0) is 18.4 Å². The van der Waals surface area contributed by atoms with Crippen LogP contribution in [0.4, 0.5) is 0 Å². The second kappa shape index (κ2) is 6.61. The summed E-state index contributed by atoms with van der Waals surface area (Å²) in [4.78, 5) is 0. The third-order valence-corrected chi connectivity index (χ3v) is 2.57. The Hall–Kier alpha value is -0.820. The highest BCUT2D eigenvalue weighted by molar-refractivity contribution is 5.14. The van der Waals surface area contributed by atoms with Crippen molar-refractivity contribution in [3.05, 3.63) is 35.9 Å². The molecular formula is C13H21N. The van der Waals surface area contributed by atoms with Crippen molar-refractivity contribution in [1.29, 1.82) is 0 Å². The first-order valence-electron chi connectivity index (χ1n) is 5.64. The van der Waals surface area contributed by atoms with Gasteiger partial charge < -0.3 is 5.32 Å². The quantitative estimate of drug-likeness (QED) is 0.727. The van der Waals surface area contributed by atoms with E-state index < -0.39 is 0 Å². The van der Waals surface area contributed by atoms with Gasteiger partial charge in [0.25, 0.3) is 0 Å². The minimum Gasteiger partial charge on any atom is -0.310 e. The maximum absolute atomic E-state index is 3.59. The van der Waals surface area contributed by atoms with E-state index in [4.69, 9.17) is 0 Å². The summed E-state index contributed by atoms with van der Waals surface area (Å²) in [7, 11) is 0. The monoisotopic (exact) mass is 191 g/mol. The van der Waals surface area contributed by atoms with E-state index in [0.717, 1.165) is 6.54 Å². The van der Waals surface area contributed by atoms with Gasteiger partial charge in [0, 0.05) is 12.6 Å². The van der Waals surface area contributed by atoms with Crippen LogP contribution in [0.1, 0.15) is 38.7 Å². The van der Waals surface area contributed by atoms with Crippen LogP contribution in [-0.4, -0.2) is 6.04 Å². The summed E-state index contributed by atoms with van der Waals surface area (Å²) >= 11 is 0. The molecule has 1 aromatic carbocycles. The molecule has 1 aromatic rings. The Labute approximate surface area is 87.5 Å². The fourth-order valence-electron chi connectivity index (χ4n) is 1.66. The Bertz CT molecular complexity index is 230. The molecule has 0 saturated heterocycles. The molecule has 0 aliphatic rings. The van der Waals surface area contributed by atoms with Crippen LogP contribution in [0.2, 0.25) is 0 Å². The molecule has 1 N–H and O–H groups in total. The predicted octanol–water partition coefficient (Wildman–Crippen LogP) is 3.35. The molecule has 0 saturated carbocycles. The van der Waals surface area contributed by atoms with Crippen molar-refractivity contribution in [1.82, 2.24) is 5.32 Å². The number of benzene rings is 1. The van der Waals surface area contributed by atoms with E-state index in [-0.39, 0.29) is 0 Å². The third kappa shape index (κ3) is 3.93. The van der Waals surface area contributed by atoms with Crippen molar-refractivity contribution in [3.63, 3.8) is 0 Å². The Morgan fingerprint density at radius 1 is 1.14 bits per heavy atom. The number of rotatable bonds is 6. The molecule has 0 fully saturated rings. The smallest absolute Gasteiger partial charge is 0.0208 e. The van der Waals surface area contributed by atoms with Crippen LogP contribution in [0.25, 0.3) is 0 Å². The Morgan fingerprint density at radius 2 is 1.86 bits per heavy atom. The summed E-state index contributed by atoms with van der Waals surface area (Å²) in [6.45, 7) is 5.49. The molecule has 0 bridgehead atoms. The van der Waals surface area contributed by atoms with E-state index in [1.165, 1.54) is 24.8 Å². The standard InChI is InChI=1S/C13H21N/c1-3-8-13(4-2)14-11-12-9-6-5-7-10-12/h5-7,9-10,13-14H,3-4,8,11H2,1-2H3. The van der Waals surface area contributed by atoms with Crippen LogP contribution in [-0.2, 0) is 6.54 Å². The van der Waals surface area contributed by atoms with Gasteiger partial charge in [-0.25, -0.2) is 0 Å². The molecule has 0 aliphatic heterocycles. The van der Waals surface area contributed by atoms with Crippen molar-refractivity contribution in [2.45, 2.75) is 45.7 Å². The van der Waals surface area contributed by atoms with E-state index in [1.54, 1.807) is 0 Å². The molecular weight excluding hydrogens is 170 g/mol. The third-order valence-electron chi connectivity index (χ3n) is 2.57. The minimum atomic E-state index is 0.681. The highest BCUT2D eigenvalue weighted by Crippen LogP contribution is 2.03. The Balaban J connectivity index is 2.32. The zero-order valence-electron chi connectivity index (χ0n) is 9.29. The maximum atomic E-state index is 3.59. The average Bonchev–Trinajstić information content (AvgIpc) is 2.25. The van der Waals surface area contributed by atoms with Crippen LogP contribution >= 0.6 is 0 Å². The minimum absolute atomic E-state index is 0.681. The van der Waals surface area contributed by atoms with Gasteiger partial charge >= 0.3 is 0 Å². The molecule has 0 spiro atoms. The molecule has 0 radical (unpaired) electrons. The molecule has 0 aromatic heterocycles. The Morgan fingerprint density at radius 3 is 2.43 bits per heavy atom. The molecule has 0 heterocycles. The fraction of sp³-hybridized carbons (Fsp3) is 0.538. The summed E-state index contributed by atoms with van der Waals surface area (Å²) in [5.41, 5.74) is 1.38. The van der Waals surface area contributed by atoms with Crippen molar-refractivity contribution >= 4 is 0 Å². The molecule has 1 atom stereocenters. The molecule has 1 rings (SSSR count). The van der Waals surface area contributed by atoms with Crippen molar-refractivity contribution in [2.75, 3.05) is 0 Å². The summed E-state index contributed by atoms with van der Waals surface area (Å²) in [5.74, 6) is 0. The van der Waals surface area contributed by atoms with Crippen molar-refractivity contribution < 1.29 is 0 Å². The van der Waals surface area contributed by atoms with Gasteiger partial charge in [0.1, 0.15) is 0 Å². The van der Waals surface area contributed by atoms with Gasteiger partial charge in [-0.2, -0.15) is 0 Å². The molecule has 1 heteroatoms. The summed E-state index contributed by atoms with van der Waals surface area (Å²) < 4.78 is 0. The lowest BCUT2D eigenvalue weighted by molar-refractivity contribution is 0.462. The maximum Gasteiger partial charge on any atom is 0.0208 e. The van der Waals surface area contributed by atoms with E-state index >= 15 is 0 Å². The zero-order valence-corrected chi connectivity index (χ0v) is 9.29. The highest BCUT2D eigenvalue weighted by atomic mass is 14.9. The first kappa shape index (κ1) is 11.3. The number of nitrogens with one attached hydrogen (secondary N) is 1. The lowest BCUT2D eigenvalue weighted by atomic mass is 10.1. The molecule has 78 valence electrons. The highest BCUT2D eigenvalue weighted by Gasteiger charge is 2.02. The first-order valence-corrected chi connectivity index (χ1v) is 5.64. The SMILES string of the molecule is CCCC(CC)NCc1ccccc1. The summed E-state index contributed by atoms with van der Waals surface area (Å²) in [6, 6.07) is 11.3. The lowest BCUT2D eigenvalue weighted by Crippen LogP contribution is -2.27. The zero-order chi connectivity index (χ0) is 10.2. The van der Waals surface area contributed by atoms with Gasteiger partial charge in [-0.15, -0.1) is 0 Å². The first-order chi connectivity index (χ1) is 6.86. The van der Waals surface area contributed by atoms with Crippen molar-refractivity contribution in [2.24, 2.45) is 0 Å². The molecule has 0 aliphatic carbocycles. The van der Waals surface area contributed by atoms with E-state index in [2.05, 4.69) is 49.5 Å². The van der Waals surface area contributed by atoms with Gasteiger partial charge in [-0.3, -0.25) is 0 Å². The fourth-order valence-corrected chi connectivity index (χ4v) is 1.66. The van der Waals surface area contributed by atoms with Gasteiger partial charge in [-0.1, -0.05) is 50.6 Å². The van der Waals surface area contributed by atoms with Crippen LogP contribution in [0.5, 0.6) is 0 Å². The number of hydrogen-bond acceptors (Lipinski definition) is 1. The van der Waals surface area contributed by atoms with Gasteiger partial charge in [0.15, 0.2) is 0 Å². The molecule has 14 heavy (non-hydrogen) atoms. The van der Waals surface area contributed by atoms with Crippen LogP contribution < -0.4 is 5.32 Å².